The monoisotopic (exact) mass is 649 g/mol. The van der Waals surface area contributed by atoms with E-state index in [1.807, 2.05) is 0 Å². The molecule has 14 heteroatoms. The maximum Gasteiger partial charge on any atom is 0.417 e. The highest BCUT2D eigenvalue weighted by Gasteiger charge is 2.51. The molecule has 1 aliphatic rings. The van der Waals surface area contributed by atoms with Gasteiger partial charge in [-0.2, -0.15) is 18.4 Å². The minimum atomic E-state index is -4.85. The van der Waals surface area contributed by atoms with E-state index in [0.717, 1.165) is 36.3 Å². The van der Waals surface area contributed by atoms with Crippen molar-refractivity contribution in [1.29, 1.82) is 5.26 Å². The molecule has 0 unspecified atom stereocenters. The number of unbranched alkanes of at least 4 members (excludes halogenated alkanes) is 3. The lowest BCUT2D eigenvalue weighted by Gasteiger charge is -2.29. The normalized spacial score (nSPS) is 14.8. The van der Waals surface area contributed by atoms with E-state index in [-0.39, 0.29) is 22.1 Å². The lowest BCUT2D eigenvalue weighted by Crippen LogP contribution is -2.44. The average Bonchev–Trinajstić information content (AvgIpc) is 3.10. The fraction of sp³-hybridized carbons (Fsp3) is 0.452. The van der Waals surface area contributed by atoms with Crippen LogP contribution in [-0.4, -0.2) is 47.2 Å². The second kappa shape index (κ2) is 13.8. The minimum Gasteiger partial charge on any atom is -0.444 e. The van der Waals surface area contributed by atoms with Crippen LogP contribution < -0.4 is 20.4 Å². The predicted molar refractivity (Wildman–Crippen MR) is 164 cm³/mol. The molecular weight excluding hydrogens is 614 g/mol. The third kappa shape index (κ3) is 8.48. The number of halogens is 4. The van der Waals surface area contributed by atoms with Crippen molar-refractivity contribution in [3.63, 3.8) is 0 Å². The zero-order chi connectivity index (χ0) is 33.7. The Morgan fingerprint density at radius 3 is 2.13 bits per heavy atom. The summed E-state index contributed by atoms with van der Waals surface area (Å²) in [6.45, 7) is 9.08. The lowest BCUT2D eigenvalue weighted by atomic mass is 10.0. The Labute approximate surface area is 264 Å². The summed E-state index contributed by atoms with van der Waals surface area (Å²) in [6, 6.07) is 8.01. The number of carbonyl (C=O) groups excluding carboxylic acids is 3. The molecule has 0 atom stereocenters. The number of ether oxygens (including phenoxy) is 1. The molecule has 3 rings (SSSR count). The van der Waals surface area contributed by atoms with E-state index in [4.69, 9.17) is 22.2 Å². The maximum absolute atomic E-state index is 15.2. The molecule has 0 spiro atoms. The van der Waals surface area contributed by atoms with Crippen LogP contribution in [0.4, 0.5) is 33.7 Å². The van der Waals surface area contributed by atoms with Crippen LogP contribution in [0, 0.1) is 17.1 Å². The van der Waals surface area contributed by atoms with Crippen LogP contribution in [0.1, 0.15) is 81.8 Å². The van der Waals surface area contributed by atoms with Crippen molar-refractivity contribution in [1.82, 2.24) is 10.6 Å². The number of nitrogens with zero attached hydrogens (tertiary/aromatic N) is 3. The molecule has 2 N–H and O–H groups in total. The molecule has 9 nitrogen and oxygen atoms in total. The second-order valence-corrected chi connectivity index (χ2v) is 12.3. The molecule has 2 aromatic rings. The topological polar surface area (TPSA) is 115 Å². The van der Waals surface area contributed by atoms with Gasteiger partial charge in [-0.3, -0.25) is 14.5 Å². The van der Waals surface area contributed by atoms with Gasteiger partial charge in [-0.15, -0.1) is 0 Å². The van der Waals surface area contributed by atoms with E-state index in [1.165, 1.54) is 43.0 Å². The van der Waals surface area contributed by atoms with Gasteiger partial charge in [0.2, 0.25) is 0 Å². The van der Waals surface area contributed by atoms with Crippen LogP contribution in [0.2, 0.25) is 0 Å². The molecule has 1 aliphatic heterocycles. The zero-order valence-corrected chi connectivity index (χ0v) is 26.4. The Balaban J connectivity index is 1.62. The molecule has 0 bridgehead atoms. The Hall–Kier alpha value is -4.25. The highest BCUT2D eigenvalue weighted by Crippen LogP contribution is 2.40. The lowest BCUT2D eigenvalue weighted by molar-refractivity contribution is -0.137. The predicted octanol–water partition coefficient (Wildman–Crippen LogP) is 6.45. The molecule has 242 valence electrons. The first kappa shape index (κ1) is 35.2. The SMILES string of the molecule is CC(C)(C)OC(=O)NCCCCCCNC(=O)c1ccc(N2C(=S)N(c3ccc(C#N)c(C(F)(F)F)c3)C(=O)C2(C)C)cc1F. The average molecular weight is 650 g/mol. The quantitative estimate of drug-likeness (QED) is 0.173. The van der Waals surface area contributed by atoms with Crippen molar-refractivity contribution in [3.05, 3.63) is 58.9 Å². The first-order valence-electron chi connectivity index (χ1n) is 14.2. The van der Waals surface area contributed by atoms with Gasteiger partial charge < -0.3 is 20.3 Å². The standard InChI is InChI=1S/C31H35F4N5O4S/c1-29(2,3)44-27(43)38-15-9-7-6-8-14-37-25(41)22-13-12-21(17-24(22)32)40-28(45)39(26(42)30(40,4)5)20-11-10-19(18-36)23(16-20)31(33,34)35/h10-13,16-17H,6-9,14-15H2,1-5H3,(H,37,41)(H,38,43). The van der Waals surface area contributed by atoms with Crippen molar-refractivity contribution >= 4 is 46.6 Å². The molecular formula is C31H35F4N5O4S. The summed E-state index contributed by atoms with van der Waals surface area (Å²) in [4.78, 5) is 39.9. The van der Waals surface area contributed by atoms with E-state index >= 15 is 4.39 Å². The molecule has 2 aromatic carbocycles. The first-order valence-corrected chi connectivity index (χ1v) is 14.6. The highest BCUT2D eigenvalue weighted by atomic mass is 32.1. The van der Waals surface area contributed by atoms with Crippen LogP contribution in [0.15, 0.2) is 36.4 Å². The number of nitriles is 1. The summed E-state index contributed by atoms with van der Waals surface area (Å²) in [6.07, 6.45) is -2.39. The van der Waals surface area contributed by atoms with Gasteiger partial charge >= 0.3 is 12.3 Å². The second-order valence-electron chi connectivity index (χ2n) is 11.9. The van der Waals surface area contributed by atoms with Crippen molar-refractivity contribution < 1.29 is 36.7 Å². The number of nitrogens with one attached hydrogen (secondary N) is 2. The van der Waals surface area contributed by atoms with Gasteiger partial charge in [-0.1, -0.05) is 12.8 Å². The number of amides is 3. The van der Waals surface area contributed by atoms with E-state index in [2.05, 4.69) is 10.6 Å². The van der Waals surface area contributed by atoms with Crippen LogP contribution in [0.5, 0.6) is 0 Å². The summed E-state index contributed by atoms with van der Waals surface area (Å²) < 4.78 is 61.1. The van der Waals surface area contributed by atoms with Gasteiger partial charge in [-0.05, 0) is 96.1 Å². The number of thiocarbonyl (C=S) groups is 1. The van der Waals surface area contributed by atoms with Crippen molar-refractivity contribution in [3.8, 4) is 6.07 Å². The zero-order valence-electron chi connectivity index (χ0n) is 25.6. The summed E-state index contributed by atoms with van der Waals surface area (Å²) in [5, 5.41) is 14.2. The molecule has 3 amide bonds. The fourth-order valence-corrected chi connectivity index (χ4v) is 5.21. The highest BCUT2D eigenvalue weighted by molar-refractivity contribution is 7.81. The van der Waals surface area contributed by atoms with E-state index in [1.54, 1.807) is 20.8 Å². The number of carbonyl (C=O) groups is 3. The fourth-order valence-electron chi connectivity index (χ4n) is 4.69. The van der Waals surface area contributed by atoms with Crippen molar-refractivity contribution in [2.24, 2.45) is 0 Å². The molecule has 1 saturated heterocycles. The number of hydrogen-bond donors (Lipinski definition) is 2. The number of benzene rings is 2. The summed E-state index contributed by atoms with van der Waals surface area (Å²) in [5.74, 6) is -2.17. The van der Waals surface area contributed by atoms with Crippen molar-refractivity contribution in [2.75, 3.05) is 22.9 Å². The van der Waals surface area contributed by atoms with E-state index in [0.29, 0.717) is 25.6 Å². The third-order valence-electron chi connectivity index (χ3n) is 6.87. The van der Waals surface area contributed by atoms with Gasteiger partial charge in [0.05, 0.1) is 28.4 Å². The Morgan fingerprint density at radius 2 is 1.58 bits per heavy atom. The maximum atomic E-state index is 15.2. The Morgan fingerprint density at radius 1 is 0.978 bits per heavy atom. The molecule has 0 saturated carbocycles. The van der Waals surface area contributed by atoms with Gasteiger partial charge in [-0.25, -0.2) is 9.18 Å². The minimum absolute atomic E-state index is 0.125. The van der Waals surface area contributed by atoms with Gasteiger partial charge in [0.25, 0.3) is 11.8 Å². The van der Waals surface area contributed by atoms with Crippen molar-refractivity contribution in [2.45, 2.75) is 77.6 Å². The third-order valence-corrected chi connectivity index (χ3v) is 7.23. The molecule has 0 aliphatic carbocycles. The number of rotatable bonds is 10. The number of alkyl halides is 3. The molecule has 1 heterocycles. The number of anilines is 2. The molecule has 0 radical (unpaired) electrons. The van der Waals surface area contributed by atoms with Crippen LogP contribution in [-0.2, 0) is 15.7 Å². The number of alkyl carbamates (subject to hydrolysis) is 1. The Kier molecular flexibility index (Phi) is 10.8. The molecule has 1 fully saturated rings. The van der Waals surface area contributed by atoms with Gasteiger partial charge in [0, 0.05) is 18.8 Å². The smallest absolute Gasteiger partial charge is 0.417 e. The van der Waals surface area contributed by atoms with E-state index in [9.17, 15) is 27.6 Å². The van der Waals surface area contributed by atoms with E-state index < -0.39 is 52.2 Å². The van der Waals surface area contributed by atoms with Gasteiger partial charge in [0.1, 0.15) is 17.0 Å². The first-order chi connectivity index (χ1) is 20.9. The summed E-state index contributed by atoms with van der Waals surface area (Å²) in [7, 11) is 0. The van der Waals surface area contributed by atoms with Crippen LogP contribution in [0.3, 0.4) is 0 Å². The molecule has 45 heavy (non-hydrogen) atoms. The molecule has 0 aromatic heterocycles. The van der Waals surface area contributed by atoms with Crippen LogP contribution >= 0.6 is 12.2 Å². The Bertz CT molecular complexity index is 1510. The summed E-state index contributed by atoms with van der Waals surface area (Å²) >= 11 is 5.48. The van der Waals surface area contributed by atoms with Crippen LogP contribution in [0.25, 0.3) is 0 Å². The summed E-state index contributed by atoms with van der Waals surface area (Å²) in [5.41, 5.74) is -4.10. The largest absolute Gasteiger partial charge is 0.444 e. The number of hydrogen-bond acceptors (Lipinski definition) is 6. The van der Waals surface area contributed by atoms with Gasteiger partial charge in [0.15, 0.2) is 5.11 Å².